The van der Waals surface area contributed by atoms with Gasteiger partial charge in [-0.2, -0.15) is 0 Å². The van der Waals surface area contributed by atoms with Gasteiger partial charge in [0.25, 0.3) is 0 Å². The first-order chi connectivity index (χ1) is 20.8. The van der Waals surface area contributed by atoms with E-state index in [-0.39, 0.29) is 46.3 Å². The zero-order valence-corrected chi connectivity index (χ0v) is 27.2. The first kappa shape index (κ1) is 31.8. The highest BCUT2D eigenvalue weighted by atomic mass is 32.2. The molecule has 2 aromatic carbocycles. The fourth-order valence-electron chi connectivity index (χ4n) is 4.95. The van der Waals surface area contributed by atoms with E-state index >= 15 is 0 Å². The molecular weight excluding hydrogens is 645 g/mol. The summed E-state index contributed by atoms with van der Waals surface area (Å²) in [5.74, 6) is -0.235. The van der Waals surface area contributed by atoms with E-state index in [0.717, 1.165) is 48.2 Å². The first-order valence-corrected chi connectivity index (χ1v) is 19.1. The van der Waals surface area contributed by atoms with Gasteiger partial charge in [0.05, 0.1) is 22.6 Å². The minimum Gasteiger partial charge on any atom is -0.300 e. The highest BCUT2D eigenvalue weighted by molar-refractivity contribution is 7.91. The highest BCUT2D eigenvalue weighted by Gasteiger charge is 2.29. The van der Waals surface area contributed by atoms with Crippen LogP contribution < -0.4 is 10.6 Å². The van der Waals surface area contributed by atoms with Crippen LogP contribution in [0.4, 0.5) is 10.3 Å². The van der Waals surface area contributed by atoms with Crippen molar-refractivity contribution in [3.63, 3.8) is 0 Å². The van der Waals surface area contributed by atoms with Crippen LogP contribution in [-0.2, 0) is 42.1 Å². The summed E-state index contributed by atoms with van der Waals surface area (Å²) in [6, 6.07) is 12.4. The third-order valence-electron chi connectivity index (χ3n) is 7.18. The standard InChI is InChI=1S/C28H30N6O6S4/c1-43(37,38)21-10-6-17(7-11-21)14-23(35)29-27-33-31-25(41-27)19-4-3-5-20(16-19)26-32-34-28(42-26)30-24(36)15-18-8-12-22(13-9-18)44(2,39)40/h6-13,19-20H,3-5,14-16H2,1-2H3,(H,29,33,35)(H,30,34,36)/t19-,20-/m1/s1. The molecule has 5 rings (SSSR count). The Morgan fingerprint density at radius 1 is 0.682 bits per heavy atom. The number of nitrogens with one attached hydrogen (secondary N) is 2. The molecule has 2 aromatic heterocycles. The van der Waals surface area contributed by atoms with E-state index in [9.17, 15) is 26.4 Å². The smallest absolute Gasteiger partial charge is 0.230 e. The van der Waals surface area contributed by atoms with Gasteiger partial charge < -0.3 is 10.6 Å². The molecule has 12 nitrogen and oxygen atoms in total. The Morgan fingerprint density at radius 3 is 1.43 bits per heavy atom. The minimum absolute atomic E-state index is 0.0792. The Hall–Kier alpha value is -3.60. The molecule has 0 spiro atoms. The van der Waals surface area contributed by atoms with Gasteiger partial charge in [0, 0.05) is 24.3 Å². The predicted molar refractivity (Wildman–Crippen MR) is 168 cm³/mol. The molecule has 1 aliphatic rings. The van der Waals surface area contributed by atoms with Gasteiger partial charge in [-0.1, -0.05) is 53.4 Å². The predicted octanol–water partition coefficient (Wildman–Crippen LogP) is 4.00. The van der Waals surface area contributed by atoms with Crippen molar-refractivity contribution in [2.24, 2.45) is 0 Å². The molecule has 0 unspecified atom stereocenters. The summed E-state index contributed by atoms with van der Waals surface area (Å²) in [6.07, 6.45) is 6.06. The summed E-state index contributed by atoms with van der Waals surface area (Å²) in [6.45, 7) is 0. The van der Waals surface area contributed by atoms with Crippen LogP contribution in [0.5, 0.6) is 0 Å². The van der Waals surface area contributed by atoms with Crippen molar-refractivity contribution in [3.05, 3.63) is 69.7 Å². The van der Waals surface area contributed by atoms with E-state index in [2.05, 4.69) is 31.0 Å². The number of sulfone groups is 2. The van der Waals surface area contributed by atoms with E-state index in [1.54, 1.807) is 24.3 Å². The van der Waals surface area contributed by atoms with Crippen LogP contribution in [0.15, 0.2) is 58.3 Å². The number of rotatable bonds is 10. The molecule has 0 radical (unpaired) electrons. The van der Waals surface area contributed by atoms with E-state index < -0.39 is 19.7 Å². The number of aromatic nitrogens is 4. The number of carbonyl (C=O) groups excluding carboxylic acids is 2. The molecule has 16 heteroatoms. The maximum atomic E-state index is 12.6. The molecule has 2 heterocycles. The maximum absolute atomic E-state index is 12.6. The van der Waals surface area contributed by atoms with Gasteiger partial charge in [0.1, 0.15) is 10.0 Å². The lowest BCUT2D eigenvalue weighted by Gasteiger charge is -2.25. The molecule has 2 amide bonds. The Bertz CT molecular complexity index is 1730. The van der Waals surface area contributed by atoms with Crippen molar-refractivity contribution in [1.29, 1.82) is 0 Å². The van der Waals surface area contributed by atoms with Gasteiger partial charge >= 0.3 is 0 Å². The summed E-state index contributed by atoms with van der Waals surface area (Å²) in [5, 5.41) is 25.0. The number of amides is 2. The topological polar surface area (TPSA) is 178 Å². The monoisotopic (exact) mass is 674 g/mol. The van der Waals surface area contributed by atoms with Crippen molar-refractivity contribution in [2.75, 3.05) is 23.1 Å². The third kappa shape index (κ3) is 8.31. The second-order valence-electron chi connectivity index (χ2n) is 10.7. The van der Waals surface area contributed by atoms with Crippen LogP contribution in [-0.4, -0.2) is 61.6 Å². The van der Waals surface area contributed by atoms with Crippen LogP contribution in [0.25, 0.3) is 0 Å². The van der Waals surface area contributed by atoms with Crippen molar-refractivity contribution in [3.8, 4) is 0 Å². The largest absolute Gasteiger partial charge is 0.300 e. The van der Waals surface area contributed by atoms with Crippen molar-refractivity contribution < 1.29 is 26.4 Å². The molecule has 0 bridgehead atoms. The van der Waals surface area contributed by atoms with Crippen molar-refractivity contribution >= 4 is 64.4 Å². The van der Waals surface area contributed by atoms with E-state index in [4.69, 9.17) is 0 Å². The molecule has 4 aromatic rings. The number of nitrogens with zero attached hydrogens (tertiary/aromatic N) is 4. The van der Waals surface area contributed by atoms with E-state index in [0.29, 0.717) is 21.4 Å². The number of hydrogen-bond donors (Lipinski definition) is 2. The zero-order chi connectivity index (χ0) is 31.5. The summed E-state index contributed by atoms with van der Waals surface area (Å²) >= 11 is 2.68. The molecule has 232 valence electrons. The van der Waals surface area contributed by atoms with Gasteiger partial charge in [-0.15, -0.1) is 20.4 Å². The summed E-state index contributed by atoms with van der Waals surface area (Å²) in [7, 11) is -6.60. The van der Waals surface area contributed by atoms with Crippen LogP contribution >= 0.6 is 22.7 Å². The second-order valence-corrected chi connectivity index (χ2v) is 16.8. The average molecular weight is 675 g/mol. The SMILES string of the molecule is CS(=O)(=O)c1ccc(CC(=O)Nc2nnc([C@@H]3CCC[C@@H](c4nnc(NC(=O)Cc5ccc(S(C)(=O)=O)cc5)s4)C3)s2)cc1. The summed E-state index contributed by atoms with van der Waals surface area (Å²) in [5.41, 5.74) is 1.37. The van der Waals surface area contributed by atoms with Gasteiger partial charge in [0.15, 0.2) is 19.7 Å². The van der Waals surface area contributed by atoms with E-state index in [1.165, 1.54) is 46.9 Å². The molecule has 44 heavy (non-hydrogen) atoms. The van der Waals surface area contributed by atoms with Crippen LogP contribution in [0.3, 0.4) is 0 Å². The lowest BCUT2D eigenvalue weighted by molar-refractivity contribution is -0.116. The van der Waals surface area contributed by atoms with Gasteiger partial charge in [-0.05, 0) is 54.7 Å². The Morgan fingerprint density at radius 2 is 1.07 bits per heavy atom. The van der Waals surface area contributed by atoms with E-state index in [1.807, 2.05) is 0 Å². The molecule has 1 aliphatic carbocycles. The number of anilines is 2. The molecule has 1 fully saturated rings. The lowest BCUT2D eigenvalue weighted by atomic mass is 9.82. The van der Waals surface area contributed by atoms with Gasteiger partial charge in [0.2, 0.25) is 22.1 Å². The maximum Gasteiger partial charge on any atom is 0.230 e. The molecule has 0 aliphatic heterocycles. The fraction of sp³-hybridized carbons (Fsp3) is 0.357. The number of carbonyl (C=O) groups is 2. The fourth-order valence-corrected chi connectivity index (χ4v) is 8.02. The van der Waals surface area contributed by atoms with Crippen LogP contribution in [0.2, 0.25) is 0 Å². The number of benzene rings is 2. The normalized spacial score (nSPS) is 17.2. The number of hydrogen-bond acceptors (Lipinski definition) is 12. The quantitative estimate of drug-likeness (QED) is 0.250. The zero-order valence-electron chi connectivity index (χ0n) is 23.9. The van der Waals surface area contributed by atoms with Crippen molar-refractivity contribution in [2.45, 2.75) is 60.2 Å². The minimum atomic E-state index is -3.30. The molecular formula is C28H30N6O6S4. The third-order valence-corrected chi connectivity index (χ3v) is 11.4. The summed E-state index contributed by atoms with van der Waals surface area (Å²) in [4.78, 5) is 25.5. The lowest BCUT2D eigenvalue weighted by Crippen LogP contribution is -2.14. The summed E-state index contributed by atoms with van der Waals surface area (Å²) < 4.78 is 46.6. The van der Waals surface area contributed by atoms with Gasteiger partial charge in [-0.3, -0.25) is 9.59 Å². The Kier molecular flexibility index (Phi) is 9.53. The Balaban J connectivity index is 1.13. The highest BCUT2D eigenvalue weighted by Crippen LogP contribution is 2.43. The molecule has 0 saturated heterocycles. The molecule has 2 N–H and O–H groups in total. The Labute approximate surface area is 263 Å². The second kappa shape index (κ2) is 13.2. The van der Waals surface area contributed by atoms with Crippen LogP contribution in [0.1, 0.15) is 58.7 Å². The molecule has 1 saturated carbocycles. The van der Waals surface area contributed by atoms with Gasteiger partial charge in [-0.25, -0.2) is 16.8 Å². The van der Waals surface area contributed by atoms with Crippen molar-refractivity contribution in [1.82, 2.24) is 20.4 Å². The first-order valence-electron chi connectivity index (χ1n) is 13.7. The average Bonchev–Trinajstić information content (AvgIpc) is 3.62. The molecule has 2 atom stereocenters. The van der Waals surface area contributed by atoms with Crippen LogP contribution in [0, 0.1) is 0 Å².